The zero-order valence-corrected chi connectivity index (χ0v) is 19.0. The standard InChI is InChI=1S/C23H39N5O2/c1-4-26(5-2)12-17-30-22-8-6-20(7-9-22)18-25-23(24-3)28-11-10-21(19-28)27-13-15-29-16-14-27/h6-9,21H,4-5,10-19H2,1-3H3,(H,24,25). The van der Waals surface area contributed by atoms with E-state index in [1.165, 1.54) is 12.0 Å². The van der Waals surface area contributed by atoms with Crippen LogP contribution in [-0.4, -0.2) is 99.4 Å². The van der Waals surface area contributed by atoms with Crippen molar-refractivity contribution in [3.05, 3.63) is 29.8 Å². The Bertz CT molecular complexity index is 641. The third-order valence-corrected chi connectivity index (χ3v) is 6.18. The van der Waals surface area contributed by atoms with Crippen LogP contribution >= 0.6 is 0 Å². The van der Waals surface area contributed by atoms with Crippen molar-refractivity contribution in [3.63, 3.8) is 0 Å². The van der Waals surface area contributed by atoms with E-state index < -0.39 is 0 Å². The van der Waals surface area contributed by atoms with Gasteiger partial charge in [-0.15, -0.1) is 0 Å². The molecule has 0 amide bonds. The minimum atomic E-state index is 0.611. The number of guanidine groups is 1. The first-order valence-corrected chi connectivity index (χ1v) is 11.4. The van der Waals surface area contributed by atoms with Crippen LogP contribution in [0, 0.1) is 0 Å². The van der Waals surface area contributed by atoms with Gasteiger partial charge in [0.1, 0.15) is 12.4 Å². The van der Waals surface area contributed by atoms with Crippen molar-refractivity contribution in [2.24, 2.45) is 4.99 Å². The van der Waals surface area contributed by atoms with Gasteiger partial charge in [0.15, 0.2) is 5.96 Å². The third-order valence-electron chi connectivity index (χ3n) is 6.18. The Morgan fingerprint density at radius 3 is 2.57 bits per heavy atom. The van der Waals surface area contributed by atoms with E-state index in [0.717, 1.165) is 83.9 Å². The number of rotatable bonds is 9. The SMILES string of the molecule is CCN(CC)CCOc1ccc(CNC(=NC)N2CCC(N3CCOCC3)C2)cc1. The van der Waals surface area contributed by atoms with Crippen molar-refractivity contribution in [3.8, 4) is 5.75 Å². The summed E-state index contributed by atoms with van der Waals surface area (Å²) in [5.41, 5.74) is 1.23. The maximum absolute atomic E-state index is 5.89. The average molecular weight is 418 g/mol. The van der Waals surface area contributed by atoms with Crippen LogP contribution in [-0.2, 0) is 11.3 Å². The van der Waals surface area contributed by atoms with E-state index in [2.05, 4.69) is 63.1 Å². The minimum Gasteiger partial charge on any atom is -0.492 e. The Labute approximate surface area is 182 Å². The number of morpholine rings is 1. The van der Waals surface area contributed by atoms with Crippen LogP contribution in [0.3, 0.4) is 0 Å². The lowest BCUT2D eigenvalue weighted by Gasteiger charge is -2.32. The molecule has 0 bridgehead atoms. The second-order valence-corrected chi connectivity index (χ2v) is 7.96. The average Bonchev–Trinajstić information content (AvgIpc) is 3.29. The number of likely N-dealkylation sites (N-methyl/N-ethyl adjacent to an activating group) is 1. The molecular weight excluding hydrogens is 378 g/mol. The highest BCUT2D eigenvalue weighted by atomic mass is 16.5. The number of ether oxygens (including phenoxy) is 2. The molecule has 2 aliphatic rings. The number of hydrogen-bond acceptors (Lipinski definition) is 5. The van der Waals surface area contributed by atoms with Crippen molar-refractivity contribution in [1.82, 2.24) is 20.0 Å². The van der Waals surface area contributed by atoms with E-state index in [9.17, 15) is 0 Å². The maximum atomic E-state index is 5.89. The summed E-state index contributed by atoms with van der Waals surface area (Å²) in [4.78, 5) is 11.8. The molecule has 7 heteroatoms. The molecule has 2 heterocycles. The van der Waals surface area contributed by atoms with Crippen LogP contribution in [0.15, 0.2) is 29.3 Å². The smallest absolute Gasteiger partial charge is 0.193 e. The van der Waals surface area contributed by atoms with E-state index in [-0.39, 0.29) is 0 Å². The molecule has 1 aromatic rings. The lowest BCUT2D eigenvalue weighted by molar-refractivity contribution is 0.0195. The zero-order chi connectivity index (χ0) is 21.2. The van der Waals surface area contributed by atoms with Gasteiger partial charge >= 0.3 is 0 Å². The first-order valence-electron chi connectivity index (χ1n) is 11.4. The molecule has 1 atom stereocenters. The highest BCUT2D eigenvalue weighted by molar-refractivity contribution is 5.80. The van der Waals surface area contributed by atoms with Crippen LogP contribution in [0.25, 0.3) is 0 Å². The van der Waals surface area contributed by atoms with Crippen LogP contribution in [0.4, 0.5) is 0 Å². The van der Waals surface area contributed by atoms with Crippen LogP contribution in [0.2, 0.25) is 0 Å². The summed E-state index contributed by atoms with van der Waals surface area (Å²) in [5.74, 6) is 1.92. The van der Waals surface area contributed by atoms with Gasteiger partial charge in [-0.3, -0.25) is 9.89 Å². The molecule has 0 saturated carbocycles. The highest BCUT2D eigenvalue weighted by Crippen LogP contribution is 2.17. The lowest BCUT2D eigenvalue weighted by Crippen LogP contribution is -2.46. The molecule has 2 saturated heterocycles. The number of nitrogens with one attached hydrogen (secondary N) is 1. The molecule has 0 spiro atoms. The third kappa shape index (κ3) is 6.59. The van der Waals surface area contributed by atoms with Crippen molar-refractivity contribution >= 4 is 5.96 Å². The number of likely N-dealkylation sites (tertiary alicyclic amines) is 1. The molecular formula is C23H39N5O2. The molecule has 0 aliphatic carbocycles. The number of hydrogen-bond donors (Lipinski definition) is 1. The molecule has 1 N–H and O–H groups in total. The summed E-state index contributed by atoms with van der Waals surface area (Å²) in [7, 11) is 1.87. The second kappa shape index (κ2) is 12.1. The topological polar surface area (TPSA) is 52.6 Å². The molecule has 168 valence electrons. The van der Waals surface area contributed by atoms with Crippen LogP contribution in [0.5, 0.6) is 5.75 Å². The Morgan fingerprint density at radius 1 is 1.17 bits per heavy atom. The van der Waals surface area contributed by atoms with Crippen molar-refractivity contribution in [2.75, 3.05) is 72.7 Å². The van der Waals surface area contributed by atoms with Gasteiger partial charge in [-0.05, 0) is 37.2 Å². The fourth-order valence-corrected chi connectivity index (χ4v) is 4.22. The van der Waals surface area contributed by atoms with Crippen LogP contribution < -0.4 is 10.1 Å². The molecule has 1 unspecified atom stereocenters. The minimum absolute atomic E-state index is 0.611. The highest BCUT2D eigenvalue weighted by Gasteiger charge is 2.30. The molecule has 2 aliphatic heterocycles. The van der Waals surface area contributed by atoms with E-state index in [0.29, 0.717) is 6.04 Å². The number of nitrogens with zero attached hydrogens (tertiary/aromatic N) is 4. The quantitative estimate of drug-likeness (QED) is 0.489. The van der Waals surface area contributed by atoms with Gasteiger partial charge in [0, 0.05) is 52.4 Å². The number of aliphatic imine (C=N–C) groups is 1. The summed E-state index contributed by atoms with van der Waals surface area (Å²) >= 11 is 0. The molecule has 0 aromatic heterocycles. The van der Waals surface area contributed by atoms with E-state index in [4.69, 9.17) is 9.47 Å². The van der Waals surface area contributed by atoms with E-state index >= 15 is 0 Å². The van der Waals surface area contributed by atoms with E-state index in [1.54, 1.807) is 0 Å². The Balaban J connectivity index is 1.41. The lowest BCUT2D eigenvalue weighted by atomic mass is 10.2. The van der Waals surface area contributed by atoms with Crippen LogP contribution in [0.1, 0.15) is 25.8 Å². The number of benzene rings is 1. The van der Waals surface area contributed by atoms with Crippen molar-refractivity contribution in [1.29, 1.82) is 0 Å². The summed E-state index contributed by atoms with van der Waals surface area (Å²) in [5, 5.41) is 3.53. The maximum Gasteiger partial charge on any atom is 0.193 e. The normalized spacial score (nSPS) is 20.7. The van der Waals surface area contributed by atoms with Gasteiger partial charge in [-0.25, -0.2) is 0 Å². The van der Waals surface area contributed by atoms with Gasteiger partial charge in [-0.1, -0.05) is 26.0 Å². The van der Waals surface area contributed by atoms with Gasteiger partial charge in [0.05, 0.1) is 13.2 Å². The largest absolute Gasteiger partial charge is 0.492 e. The molecule has 30 heavy (non-hydrogen) atoms. The predicted molar refractivity (Wildman–Crippen MR) is 122 cm³/mol. The monoisotopic (exact) mass is 417 g/mol. The fourth-order valence-electron chi connectivity index (χ4n) is 4.22. The molecule has 1 aromatic carbocycles. The van der Waals surface area contributed by atoms with Gasteiger partial charge in [0.25, 0.3) is 0 Å². The van der Waals surface area contributed by atoms with Gasteiger partial charge in [0.2, 0.25) is 0 Å². The summed E-state index contributed by atoms with van der Waals surface area (Å²) in [6, 6.07) is 9.00. The summed E-state index contributed by atoms with van der Waals surface area (Å²) in [6.45, 7) is 14.9. The Kier molecular flexibility index (Phi) is 9.24. The fraction of sp³-hybridized carbons (Fsp3) is 0.696. The summed E-state index contributed by atoms with van der Waals surface area (Å²) < 4.78 is 11.4. The van der Waals surface area contributed by atoms with Crippen molar-refractivity contribution in [2.45, 2.75) is 32.9 Å². The van der Waals surface area contributed by atoms with Gasteiger partial charge < -0.3 is 24.6 Å². The van der Waals surface area contributed by atoms with E-state index in [1.807, 2.05) is 7.05 Å². The van der Waals surface area contributed by atoms with Crippen molar-refractivity contribution < 1.29 is 9.47 Å². The van der Waals surface area contributed by atoms with Gasteiger partial charge in [-0.2, -0.15) is 0 Å². The Hall–Kier alpha value is -1.83. The predicted octanol–water partition coefficient (Wildman–Crippen LogP) is 1.89. The molecule has 0 radical (unpaired) electrons. The Morgan fingerprint density at radius 2 is 1.90 bits per heavy atom. The molecule has 7 nitrogen and oxygen atoms in total. The first kappa shape index (κ1) is 22.8. The first-order chi connectivity index (χ1) is 14.7. The second-order valence-electron chi connectivity index (χ2n) is 7.96. The molecule has 2 fully saturated rings. The zero-order valence-electron chi connectivity index (χ0n) is 19.0. The summed E-state index contributed by atoms with van der Waals surface area (Å²) in [6.07, 6.45) is 1.19. The molecule has 3 rings (SSSR count).